The Bertz CT molecular complexity index is 151. The molecule has 0 aromatic heterocycles. The van der Waals surface area contributed by atoms with Gasteiger partial charge in [0.05, 0.1) is 13.2 Å². The van der Waals surface area contributed by atoms with Gasteiger partial charge in [0, 0.05) is 12.6 Å². The summed E-state index contributed by atoms with van der Waals surface area (Å²) in [5.74, 6) is 0.801. The van der Waals surface area contributed by atoms with Crippen molar-refractivity contribution in [2.75, 3.05) is 32.8 Å². The molecule has 0 aromatic rings. The van der Waals surface area contributed by atoms with Gasteiger partial charge in [0.25, 0.3) is 0 Å². The van der Waals surface area contributed by atoms with Crippen molar-refractivity contribution < 1.29 is 4.74 Å². The summed E-state index contributed by atoms with van der Waals surface area (Å²) in [5, 5.41) is 0. The second kappa shape index (κ2) is 3.73. The molecule has 2 N–H and O–H groups in total. The number of morpholine rings is 1. The lowest BCUT2D eigenvalue weighted by atomic mass is 9.97. The van der Waals surface area contributed by atoms with E-state index in [9.17, 15) is 0 Å². The summed E-state index contributed by atoms with van der Waals surface area (Å²) in [5.41, 5.74) is 5.57. The fourth-order valence-corrected chi connectivity index (χ4v) is 2.44. The van der Waals surface area contributed by atoms with Gasteiger partial charge in [0.1, 0.15) is 0 Å². The second-order valence-electron chi connectivity index (χ2n) is 3.80. The lowest BCUT2D eigenvalue weighted by molar-refractivity contribution is 0.0000854. The van der Waals surface area contributed by atoms with Gasteiger partial charge in [-0.05, 0) is 31.8 Å². The maximum absolute atomic E-state index is 5.57. The van der Waals surface area contributed by atoms with Gasteiger partial charge in [0.15, 0.2) is 0 Å². The maximum Gasteiger partial charge on any atom is 0.0625 e. The Balaban J connectivity index is 1.92. The molecule has 2 heterocycles. The van der Waals surface area contributed by atoms with Gasteiger partial charge in [-0.2, -0.15) is 0 Å². The van der Waals surface area contributed by atoms with E-state index in [2.05, 4.69) is 4.90 Å². The fraction of sp³-hybridized carbons (Fsp3) is 1.00. The third-order valence-electron chi connectivity index (χ3n) is 3.15. The SMILES string of the molecule is NCCC1CCN2CCOCC12. The van der Waals surface area contributed by atoms with Crippen LogP contribution < -0.4 is 5.73 Å². The third-order valence-corrected chi connectivity index (χ3v) is 3.15. The summed E-state index contributed by atoms with van der Waals surface area (Å²) in [6, 6.07) is 0.683. The summed E-state index contributed by atoms with van der Waals surface area (Å²) < 4.78 is 5.48. The average molecular weight is 170 g/mol. The van der Waals surface area contributed by atoms with Crippen LogP contribution >= 0.6 is 0 Å². The molecule has 0 aliphatic carbocycles. The summed E-state index contributed by atoms with van der Waals surface area (Å²) in [4.78, 5) is 2.56. The van der Waals surface area contributed by atoms with E-state index >= 15 is 0 Å². The van der Waals surface area contributed by atoms with Crippen molar-refractivity contribution in [1.82, 2.24) is 4.90 Å². The predicted octanol–water partition coefficient (Wildman–Crippen LogP) is 0.0559. The highest BCUT2D eigenvalue weighted by Crippen LogP contribution is 2.28. The van der Waals surface area contributed by atoms with Gasteiger partial charge in [-0.1, -0.05) is 0 Å². The Kier molecular flexibility index (Phi) is 2.63. The maximum atomic E-state index is 5.57. The minimum Gasteiger partial charge on any atom is -0.378 e. The highest BCUT2D eigenvalue weighted by molar-refractivity contribution is 4.88. The van der Waals surface area contributed by atoms with Crippen LogP contribution in [0.3, 0.4) is 0 Å². The first kappa shape index (κ1) is 8.48. The number of rotatable bonds is 2. The van der Waals surface area contributed by atoms with Gasteiger partial charge in [-0.25, -0.2) is 0 Å². The zero-order chi connectivity index (χ0) is 8.39. The highest BCUT2D eigenvalue weighted by Gasteiger charge is 2.35. The van der Waals surface area contributed by atoms with Crippen molar-refractivity contribution >= 4 is 0 Å². The number of nitrogens with two attached hydrogens (primary N) is 1. The molecular weight excluding hydrogens is 152 g/mol. The quantitative estimate of drug-likeness (QED) is 0.636. The third kappa shape index (κ3) is 1.49. The van der Waals surface area contributed by atoms with E-state index in [1.54, 1.807) is 0 Å². The minimum atomic E-state index is 0.683. The van der Waals surface area contributed by atoms with Crippen LogP contribution in [0.1, 0.15) is 12.8 Å². The lowest BCUT2D eigenvalue weighted by Crippen LogP contribution is -2.43. The van der Waals surface area contributed by atoms with Crippen LogP contribution in [0.2, 0.25) is 0 Å². The van der Waals surface area contributed by atoms with Crippen LogP contribution in [-0.2, 0) is 4.74 Å². The normalized spacial score (nSPS) is 36.8. The predicted molar refractivity (Wildman–Crippen MR) is 48.0 cm³/mol. The van der Waals surface area contributed by atoms with E-state index < -0.39 is 0 Å². The Hall–Kier alpha value is -0.120. The molecule has 0 aromatic carbocycles. The number of hydrogen-bond donors (Lipinski definition) is 1. The van der Waals surface area contributed by atoms with Gasteiger partial charge < -0.3 is 10.5 Å². The van der Waals surface area contributed by atoms with E-state index in [1.807, 2.05) is 0 Å². The molecule has 2 aliphatic heterocycles. The molecular formula is C9H18N2O. The average Bonchev–Trinajstić information content (AvgIpc) is 2.50. The topological polar surface area (TPSA) is 38.5 Å². The van der Waals surface area contributed by atoms with Crippen molar-refractivity contribution in [3.05, 3.63) is 0 Å². The Labute approximate surface area is 73.9 Å². The number of ether oxygens (including phenoxy) is 1. The molecule has 70 valence electrons. The highest BCUT2D eigenvalue weighted by atomic mass is 16.5. The van der Waals surface area contributed by atoms with Crippen molar-refractivity contribution in [3.8, 4) is 0 Å². The summed E-state index contributed by atoms with van der Waals surface area (Å²) in [6.45, 7) is 5.08. The molecule has 0 radical (unpaired) electrons. The van der Waals surface area contributed by atoms with Gasteiger partial charge in [-0.3, -0.25) is 4.90 Å². The Morgan fingerprint density at radius 1 is 1.42 bits per heavy atom. The van der Waals surface area contributed by atoms with Crippen LogP contribution in [0.4, 0.5) is 0 Å². The van der Waals surface area contributed by atoms with Crippen molar-refractivity contribution in [3.63, 3.8) is 0 Å². The number of fused-ring (bicyclic) bond motifs is 1. The molecule has 0 bridgehead atoms. The van der Waals surface area contributed by atoms with E-state index in [1.165, 1.54) is 19.4 Å². The zero-order valence-electron chi connectivity index (χ0n) is 7.54. The summed E-state index contributed by atoms with van der Waals surface area (Å²) in [7, 11) is 0. The Morgan fingerprint density at radius 2 is 2.33 bits per heavy atom. The first-order valence-electron chi connectivity index (χ1n) is 4.93. The van der Waals surface area contributed by atoms with Crippen molar-refractivity contribution in [2.24, 2.45) is 11.7 Å². The van der Waals surface area contributed by atoms with Crippen LogP contribution in [0.15, 0.2) is 0 Å². The van der Waals surface area contributed by atoms with Crippen molar-refractivity contribution in [1.29, 1.82) is 0 Å². The molecule has 3 heteroatoms. The fourth-order valence-electron chi connectivity index (χ4n) is 2.44. The van der Waals surface area contributed by atoms with E-state index in [0.717, 1.165) is 32.2 Å². The van der Waals surface area contributed by atoms with Gasteiger partial charge in [-0.15, -0.1) is 0 Å². The number of hydrogen-bond acceptors (Lipinski definition) is 3. The summed E-state index contributed by atoms with van der Waals surface area (Å²) in [6.07, 6.45) is 2.50. The molecule has 2 unspecified atom stereocenters. The number of nitrogens with zero attached hydrogens (tertiary/aromatic N) is 1. The molecule has 2 rings (SSSR count). The Morgan fingerprint density at radius 3 is 3.17 bits per heavy atom. The van der Waals surface area contributed by atoms with E-state index in [4.69, 9.17) is 10.5 Å². The minimum absolute atomic E-state index is 0.683. The molecule has 0 saturated carbocycles. The molecule has 2 saturated heterocycles. The molecule has 0 amide bonds. The van der Waals surface area contributed by atoms with Crippen LogP contribution in [0.25, 0.3) is 0 Å². The van der Waals surface area contributed by atoms with E-state index in [-0.39, 0.29) is 0 Å². The van der Waals surface area contributed by atoms with E-state index in [0.29, 0.717) is 6.04 Å². The zero-order valence-corrected chi connectivity index (χ0v) is 7.54. The van der Waals surface area contributed by atoms with Crippen LogP contribution in [0, 0.1) is 5.92 Å². The van der Waals surface area contributed by atoms with Gasteiger partial charge >= 0.3 is 0 Å². The first-order valence-corrected chi connectivity index (χ1v) is 4.93. The molecule has 2 aliphatic rings. The van der Waals surface area contributed by atoms with Crippen molar-refractivity contribution in [2.45, 2.75) is 18.9 Å². The monoisotopic (exact) mass is 170 g/mol. The molecule has 2 atom stereocenters. The first-order chi connectivity index (χ1) is 5.92. The smallest absolute Gasteiger partial charge is 0.0625 e. The second-order valence-corrected chi connectivity index (χ2v) is 3.80. The molecule has 0 spiro atoms. The van der Waals surface area contributed by atoms with Crippen LogP contribution in [0.5, 0.6) is 0 Å². The lowest BCUT2D eigenvalue weighted by Gasteiger charge is -2.32. The largest absolute Gasteiger partial charge is 0.378 e. The van der Waals surface area contributed by atoms with Crippen LogP contribution in [-0.4, -0.2) is 43.8 Å². The molecule has 3 nitrogen and oxygen atoms in total. The standard InChI is InChI=1S/C9H18N2O/c10-3-1-8-2-4-11-5-6-12-7-9(8)11/h8-9H,1-7,10H2. The molecule has 2 fully saturated rings. The van der Waals surface area contributed by atoms with Gasteiger partial charge in [0.2, 0.25) is 0 Å². The molecule has 12 heavy (non-hydrogen) atoms. The summed E-state index contributed by atoms with van der Waals surface area (Å²) >= 11 is 0.